The van der Waals surface area contributed by atoms with E-state index < -0.39 is 11.9 Å². The number of nitrogens with zero attached hydrogens (tertiary/aromatic N) is 4. The Labute approximate surface area is 164 Å². The van der Waals surface area contributed by atoms with Gasteiger partial charge in [-0.05, 0) is 19.1 Å². The van der Waals surface area contributed by atoms with Gasteiger partial charge in [0.1, 0.15) is 5.75 Å². The van der Waals surface area contributed by atoms with E-state index in [0.29, 0.717) is 11.4 Å². The van der Waals surface area contributed by atoms with Crippen LogP contribution < -0.4 is 5.32 Å². The Kier molecular flexibility index (Phi) is 5.73. The van der Waals surface area contributed by atoms with Crippen molar-refractivity contribution in [3.8, 4) is 5.75 Å². The second-order valence-electron chi connectivity index (χ2n) is 6.01. The highest BCUT2D eigenvalue weighted by Gasteiger charge is 2.34. The number of benzene rings is 1. The number of rotatable bonds is 6. The molecule has 1 atom stereocenters. The number of aromatic hydroxyl groups is 1. The Morgan fingerprint density at radius 1 is 1.32 bits per heavy atom. The number of hydrogen-bond donors (Lipinski definition) is 2. The summed E-state index contributed by atoms with van der Waals surface area (Å²) >= 11 is 1.03. The van der Waals surface area contributed by atoms with Crippen molar-refractivity contribution in [3.63, 3.8) is 0 Å². The van der Waals surface area contributed by atoms with E-state index in [2.05, 4.69) is 20.5 Å². The van der Waals surface area contributed by atoms with Gasteiger partial charge in [0.2, 0.25) is 17.7 Å². The van der Waals surface area contributed by atoms with E-state index in [1.165, 1.54) is 13.1 Å². The number of amides is 4. The Morgan fingerprint density at radius 2 is 2.07 bits per heavy atom. The van der Waals surface area contributed by atoms with Crippen molar-refractivity contribution in [1.29, 1.82) is 0 Å². The third-order valence-electron chi connectivity index (χ3n) is 4.02. The molecule has 146 valence electrons. The molecule has 0 radical (unpaired) electrons. The lowest BCUT2D eigenvalue weighted by Crippen LogP contribution is -2.44. The number of imide groups is 1. The second kappa shape index (κ2) is 8.21. The summed E-state index contributed by atoms with van der Waals surface area (Å²) in [6.07, 6.45) is 0.115. The fraction of sp³-hybridized carbons (Fsp3) is 0.294. The van der Waals surface area contributed by atoms with Gasteiger partial charge in [-0.25, -0.2) is 9.79 Å². The van der Waals surface area contributed by atoms with E-state index in [-0.39, 0.29) is 40.9 Å². The Bertz CT molecular complexity index is 957. The first-order valence-electron chi connectivity index (χ1n) is 8.25. The number of aromatic nitrogens is 2. The van der Waals surface area contributed by atoms with Crippen LogP contribution in [0.3, 0.4) is 0 Å². The summed E-state index contributed by atoms with van der Waals surface area (Å²) in [5.41, 5.74) is 0.700. The Balaban J connectivity index is 1.56. The number of thioether (sulfide) groups is 1. The average Bonchev–Trinajstić information content (AvgIpc) is 3.11. The van der Waals surface area contributed by atoms with Crippen LogP contribution >= 0.6 is 11.8 Å². The van der Waals surface area contributed by atoms with E-state index in [4.69, 9.17) is 4.42 Å². The van der Waals surface area contributed by atoms with Crippen LogP contribution in [0.15, 0.2) is 38.9 Å². The van der Waals surface area contributed by atoms with Gasteiger partial charge in [0, 0.05) is 19.2 Å². The largest absolute Gasteiger partial charge is 0.506 e. The van der Waals surface area contributed by atoms with Crippen molar-refractivity contribution in [2.75, 3.05) is 18.1 Å². The molecule has 4 amide bonds. The maximum absolute atomic E-state index is 12.2. The highest BCUT2D eigenvalue weighted by Crippen LogP contribution is 2.23. The number of hydrogen-bond acceptors (Lipinski definition) is 8. The zero-order valence-electron chi connectivity index (χ0n) is 15.1. The molecule has 0 fully saturated rings. The van der Waals surface area contributed by atoms with Gasteiger partial charge in [-0.15, -0.1) is 10.2 Å². The number of aliphatic imine (C=N–C) groups is 1. The topological polar surface area (TPSA) is 138 Å². The molecule has 11 heteroatoms. The lowest BCUT2D eigenvalue weighted by molar-refractivity contribution is -0.129. The standard InChI is InChI=1S/C17H17N5O5S/c1-9-10(15(25)22(2)16(26)18-9)7-14-20-21-17(27-14)28-8-13(24)19-11-5-3-4-6-12(11)23/h3-6,10,23H,7-8H2,1-2H3,(H,19,24). The summed E-state index contributed by atoms with van der Waals surface area (Å²) < 4.78 is 5.47. The number of phenolic OH excluding ortho intramolecular Hbond substituents is 1. The number of nitrogens with one attached hydrogen (secondary N) is 1. The molecule has 2 heterocycles. The number of carbonyl (C=O) groups is 3. The lowest BCUT2D eigenvalue weighted by Gasteiger charge is -2.24. The van der Waals surface area contributed by atoms with Gasteiger partial charge in [-0.3, -0.25) is 14.5 Å². The molecule has 2 N–H and O–H groups in total. The monoisotopic (exact) mass is 403 g/mol. The first-order valence-corrected chi connectivity index (χ1v) is 9.23. The molecule has 0 aliphatic carbocycles. The van der Waals surface area contributed by atoms with Crippen molar-refractivity contribution in [1.82, 2.24) is 15.1 Å². The molecule has 0 saturated carbocycles. The molecule has 0 saturated heterocycles. The number of phenols is 1. The van der Waals surface area contributed by atoms with Gasteiger partial charge in [-0.1, -0.05) is 23.9 Å². The van der Waals surface area contributed by atoms with Crippen LogP contribution in [0, 0.1) is 5.92 Å². The molecule has 0 spiro atoms. The van der Waals surface area contributed by atoms with Gasteiger partial charge in [-0.2, -0.15) is 0 Å². The quantitative estimate of drug-likeness (QED) is 0.549. The SMILES string of the molecule is CC1=NC(=O)N(C)C(=O)C1Cc1nnc(SCC(=O)Nc2ccccc2O)o1. The van der Waals surface area contributed by atoms with E-state index in [9.17, 15) is 19.5 Å². The van der Waals surface area contributed by atoms with Gasteiger partial charge in [0.25, 0.3) is 5.22 Å². The van der Waals surface area contributed by atoms with Gasteiger partial charge >= 0.3 is 6.03 Å². The molecule has 3 rings (SSSR count). The maximum Gasteiger partial charge on any atom is 0.349 e. The molecule has 1 aliphatic heterocycles. The molecule has 1 aromatic heterocycles. The van der Waals surface area contributed by atoms with E-state index in [0.717, 1.165) is 16.7 Å². The minimum Gasteiger partial charge on any atom is -0.506 e. The number of anilines is 1. The van der Waals surface area contributed by atoms with Crippen LogP contribution in [0.5, 0.6) is 5.75 Å². The average molecular weight is 403 g/mol. The Hall–Kier alpha value is -3.21. The van der Waals surface area contributed by atoms with Crippen molar-refractivity contribution < 1.29 is 23.9 Å². The van der Waals surface area contributed by atoms with E-state index in [1.54, 1.807) is 25.1 Å². The molecule has 0 bridgehead atoms. The summed E-state index contributed by atoms with van der Waals surface area (Å²) in [6.45, 7) is 1.60. The highest BCUT2D eigenvalue weighted by atomic mass is 32.2. The summed E-state index contributed by atoms with van der Waals surface area (Å²) in [7, 11) is 1.37. The minimum atomic E-state index is -0.648. The fourth-order valence-electron chi connectivity index (χ4n) is 2.49. The van der Waals surface area contributed by atoms with Crippen molar-refractivity contribution in [2.45, 2.75) is 18.6 Å². The summed E-state index contributed by atoms with van der Waals surface area (Å²) in [4.78, 5) is 40.5. The third kappa shape index (κ3) is 4.36. The smallest absolute Gasteiger partial charge is 0.349 e. The molecular weight excluding hydrogens is 386 g/mol. The first kappa shape index (κ1) is 19.5. The number of carbonyl (C=O) groups excluding carboxylic acids is 3. The summed E-state index contributed by atoms with van der Waals surface area (Å²) in [5, 5.41) is 20.1. The normalized spacial score (nSPS) is 16.9. The predicted molar refractivity (Wildman–Crippen MR) is 100 cm³/mol. The third-order valence-corrected chi connectivity index (χ3v) is 4.84. The zero-order valence-corrected chi connectivity index (χ0v) is 15.9. The van der Waals surface area contributed by atoms with Crippen LogP contribution in [-0.2, 0) is 16.0 Å². The van der Waals surface area contributed by atoms with Crippen LogP contribution in [-0.4, -0.2) is 56.6 Å². The fourth-order valence-corrected chi connectivity index (χ4v) is 3.07. The molecule has 1 aromatic carbocycles. The summed E-state index contributed by atoms with van der Waals surface area (Å²) in [5.74, 6) is -1.21. The van der Waals surface area contributed by atoms with Gasteiger partial charge in [0.05, 0.1) is 17.4 Å². The number of para-hydroxylation sites is 2. The number of urea groups is 1. The molecule has 1 unspecified atom stereocenters. The van der Waals surface area contributed by atoms with Crippen molar-refractivity contribution in [2.24, 2.45) is 10.9 Å². The molecule has 10 nitrogen and oxygen atoms in total. The molecule has 28 heavy (non-hydrogen) atoms. The van der Waals surface area contributed by atoms with Gasteiger partial charge in [0.15, 0.2) is 0 Å². The van der Waals surface area contributed by atoms with Gasteiger partial charge < -0.3 is 14.8 Å². The predicted octanol–water partition coefficient (Wildman–Crippen LogP) is 1.72. The minimum absolute atomic E-state index is 0.00392. The van der Waals surface area contributed by atoms with Crippen LogP contribution in [0.1, 0.15) is 12.8 Å². The molecule has 2 aromatic rings. The summed E-state index contributed by atoms with van der Waals surface area (Å²) in [6, 6.07) is 5.79. The molecular formula is C17H17N5O5S. The van der Waals surface area contributed by atoms with Crippen LogP contribution in [0.2, 0.25) is 0 Å². The van der Waals surface area contributed by atoms with Crippen molar-refractivity contribution >= 4 is 41.0 Å². The zero-order chi connectivity index (χ0) is 20.3. The van der Waals surface area contributed by atoms with Crippen LogP contribution in [0.4, 0.5) is 10.5 Å². The highest BCUT2D eigenvalue weighted by molar-refractivity contribution is 7.99. The van der Waals surface area contributed by atoms with E-state index >= 15 is 0 Å². The first-order chi connectivity index (χ1) is 13.3. The van der Waals surface area contributed by atoms with Crippen LogP contribution in [0.25, 0.3) is 0 Å². The maximum atomic E-state index is 12.2. The van der Waals surface area contributed by atoms with Crippen molar-refractivity contribution in [3.05, 3.63) is 30.2 Å². The van der Waals surface area contributed by atoms with E-state index in [1.807, 2.05) is 0 Å². The lowest BCUT2D eigenvalue weighted by atomic mass is 9.97. The Morgan fingerprint density at radius 3 is 2.82 bits per heavy atom. The second-order valence-corrected chi connectivity index (χ2v) is 6.93. The molecule has 1 aliphatic rings.